The number of hydrogen-bond acceptors (Lipinski definition) is 3. The van der Waals surface area contributed by atoms with E-state index in [1.165, 1.54) is 6.20 Å². The summed E-state index contributed by atoms with van der Waals surface area (Å²) >= 11 is 5.56. The fourth-order valence-electron chi connectivity index (χ4n) is 0.496. The SMILES string of the molecule is Cc1ncc(C=O)nc1Cl. The van der Waals surface area contributed by atoms with Crippen molar-refractivity contribution in [1.29, 1.82) is 0 Å². The number of carbonyl (C=O) groups excluding carboxylic acids is 1. The van der Waals surface area contributed by atoms with Gasteiger partial charge in [-0.25, -0.2) is 4.98 Å². The molecule has 1 heterocycles. The summed E-state index contributed by atoms with van der Waals surface area (Å²) < 4.78 is 0. The Morgan fingerprint density at radius 3 is 2.90 bits per heavy atom. The zero-order valence-corrected chi connectivity index (χ0v) is 6.09. The second-order valence-corrected chi connectivity index (χ2v) is 2.15. The molecule has 3 nitrogen and oxygen atoms in total. The summed E-state index contributed by atoms with van der Waals surface area (Å²) in [7, 11) is 0. The number of rotatable bonds is 1. The maximum Gasteiger partial charge on any atom is 0.170 e. The Hall–Kier alpha value is -0.960. The van der Waals surface area contributed by atoms with Gasteiger partial charge in [-0.15, -0.1) is 0 Å². The van der Waals surface area contributed by atoms with Crippen molar-refractivity contribution in [3.8, 4) is 0 Å². The third-order valence-electron chi connectivity index (χ3n) is 1.04. The van der Waals surface area contributed by atoms with Gasteiger partial charge in [0.05, 0.1) is 11.9 Å². The topological polar surface area (TPSA) is 42.9 Å². The highest BCUT2D eigenvalue weighted by atomic mass is 35.5. The Balaban J connectivity index is 3.16. The smallest absolute Gasteiger partial charge is 0.170 e. The zero-order chi connectivity index (χ0) is 7.56. The molecule has 1 aromatic rings. The van der Waals surface area contributed by atoms with Crippen LogP contribution in [0.1, 0.15) is 16.2 Å². The Bertz CT molecular complexity index is 262. The van der Waals surface area contributed by atoms with E-state index in [9.17, 15) is 4.79 Å². The van der Waals surface area contributed by atoms with Crippen molar-refractivity contribution in [2.24, 2.45) is 0 Å². The molecule has 52 valence electrons. The van der Waals surface area contributed by atoms with E-state index in [-0.39, 0.29) is 10.8 Å². The Kier molecular flexibility index (Phi) is 1.97. The molecule has 0 spiro atoms. The Labute approximate surface area is 63.1 Å². The second-order valence-electron chi connectivity index (χ2n) is 1.79. The lowest BCUT2D eigenvalue weighted by Gasteiger charge is -1.93. The monoisotopic (exact) mass is 156 g/mol. The van der Waals surface area contributed by atoms with E-state index < -0.39 is 0 Å². The van der Waals surface area contributed by atoms with Crippen molar-refractivity contribution in [3.05, 3.63) is 22.7 Å². The average molecular weight is 157 g/mol. The molecule has 0 unspecified atom stereocenters. The van der Waals surface area contributed by atoms with Crippen LogP contribution in [-0.4, -0.2) is 16.3 Å². The lowest BCUT2D eigenvalue weighted by molar-refractivity contribution is 0.111. The second kappa shape index (κ2) is 2.75. The van der Waals surface area contributed by atoms with Gasteiger partial charge in [-0.05, 0) is 6.92 Å². The van der Waals surface area contributed by atoms with Gasteiger partial charge in [-0.3, -0.25) is 9.78 Å². The summed E-state index contributed by atoms with van der Waals surface area (Å²) in [5.74, 6) is 0. The Morgan fingerprint density at radius 1 is 1.70 bits per heavy atom. The van der Waals surface area contributed by atoms with Crippen LogP contribution in [0.2, 0.25) is 5.15 Å². The van der Waals surface area contributed by atoms with Gasteiger partial charge in [0.2, 0.25) is 0 Å². The molecule has 4 heteroatoms. The summed E-state index contributed by atoms with van der Waals surface area (Å²) in [6.45, 7) is 1.73. The summed E-state index contributed by atoms with van der Waals surface area (Å²) in [6.07, 6.45) is 1.99. The summed E-state index contributed by atoms with van der Waals surface area (Å²) in [4.78, 5) is 17.7. The number of hydrogen-bond donors (Lipinski definition) is 0. The van der Waals surface area contributed by atoms with E-state index in [0.29, 0.717) is 12.0 Å². The fourth-order valence-corrected chi connectivity index (χ4v) is 0.643. The third kappa shape index (κ3) is 1.30. The van der Waals surface area contributed by atoms with Gasteiger partial charge in [0.1, 0.15) is 5.69 Å². The minimum atomic E-state index is 0.260. The molecule has 0 amide bonds. The normalized spacial score (nSPS) is 9.40. The largest absolute Gasteiger partial charge is 0.296 e. The van der Waals surface area contributed by atoms with E-state index in [2.05, 4.69) is 9.97 Å². The van der Waals surface area contributed by atoms with Crippen LogP contribution >= 0.6 is 11.6 Å². The van der Waals surface area contributed by atoms with Crippen LogP contribution in [-0.2, 0) is 0 Å². The van der Waals surface area contributed by atoms with Crippen molar-refractivity contribution in [2.45, 2.75) is 6.92 Å². The van der Waals surface area contributed by atoms with E-state index in [1.807, 2.05) is 0 Å². The minimum absolute atomic E-state index is 0.260. The first-order valence-electron chi connectivity index (χ1n) is 2.68. The third-order valence-corrected chi connectivity index (χ3v) is 1.40. The number of carbonyl (C=O) groups is 1. The van der Waals surface area contributed by atoms with Crippen LogP contribution in [0.25, 0.3) is 0 Å². The van der Waals surface area contributed by atoms with Crippen LogP contribution in [0.15, 0.2) is 6.20 Å². The quantitative estimate of drug-likeness (QED) is 0.575. The molecule has 0 saturated carbocycles. The Morgan fingerprint density at radius 2 is 2.40 bits per heavy atom. The molecule has 0 N–H and O–H groups in total. The highest BCUT2D eigenvalue weighted by Crippen LogP contribution is 2.07. The fraction of sp³-hybridized carbons (Fsp3) is 0.167. The average Bonchev–Trinajstić information content (AvgIpc) is 1.95. The predicted octanol–water partition coefficient (Wildman–Crippen LogP) is 1.25. The molecule has 0 bridgehead atoms. The molecule has 0 aliphatic carbocycles. The molecular formula is C6H5ClN2O. The van der Waals surface area contributed by atoms with Gasteiger partial charge in [0.25, 0.3) is 0 Å². The summed E-state index contributed by atoms with van der Waals surface area (Å²) in [5, 5.41) is 0.282. The lowest BCUT2D eigenvalue weighted by Crippen LogP contribution is -1.92. The van der Waals surface area contributed by atoms with Crippen LogP contribution in [0.5, 0.6) is 0 Å². The standard InChI is InChI=1S/C6H5ClN2O/c1-4-6(7)9-5(3-10)2-8-4/h2-3H,1H3. The first-order chi connectivity index (χ1) is 4.74. The maximum absolute atomic E-state index is 10.1. The molecule has 0 aliphatic heterocycles. The summed E-state index contributed by atoms with van der Waals surface area (Å²) in [6, 6.07) is 0. The minimum Gasteiger partial charge on any atom is -0.296 e. The molecular weight excluding hydrogens is 152 g/mol. The highest BCUT2D eigenvalue weighted by molar-refractivity contribution is 6.30. The number of halogens is 1. The predicted molar refractivity (Wildman–Crippen MR) is 37.2 cm³/mol. The van der Waals surface area contributed by atoms with Crippen molar-refractivity contribution in [1.82, 2.24) is 9.97 Å². The van der Waals surface area contributed by atoms with Crippen LogP contribution in [0, 0.1) is 6.92 Å². The van der Waals surface area contributed by atoms with Crippen molar-refractivity contribution < 1.29 is 4.79 Å². The van der Waals surface area contributed by atoms with E-state index in [1.54, 1.807) is 6.92 Å². The number of aromatic nitrogens is 2. The number of aldehydes is 1. The van der Waals surface area contributed by atoms with Crippen molar-refractivity contribution in [2.75, 3.05) is 0 Å². The van der Waals surface area contributed by atoms with Gasteiger partial charge in [0.15, 0.2) is 11.4 Å². The van der Waals surface area contributed by atoms with E-state index >= 15 is 0 Å². The number of aryl methyl sites for hydroxylation is 1. The van der Waals surface area contributed by atoms with E-state index in [4.69, 9.17) is 11.6 Å². The molecule has 1 aromatic heterocycles. The molecule has 10 heavy (non-hydrogen) atoms. The molecule has 0 saturated heterocycles. The van der Waals surface area contributed by atoms with Gasteiger partial charge < -0.3 is 0 Å². The highest BCUT2D eigenvalue weighted by Gasteiger charge is 1.97. The molecule has 0 atom stereocenters. The summed E-state index contributed by atoms with van der Waals surface area (Å²) in [5.41, 5.74) is 0.892. The van der Waals surface area contributed by atoms with E-state index in [0.717, 1.165) is 0 Å². The van der Waals surface area contributed by atoms with Gasteiger partial charge >= 0.3 is 0 Å². The first kappa shape index (κ1) is 7.15. The zero-order valence-electron chi connectivity index (χ0n) is 5.34. The van der Waals surface area contributed by atoms with Gasteiger partial charge in [0, 0.05) is 0 Å². The van der Waals surface area contributed by atoms with Crippen molar-refractivity contribution in [3.63, 3.8) is 0 Å². The van der Waals surface area contributed by atoms with Crippen LogP contribution in [0.4, 0.5) is 0 Å². The molecule has 0 radical (unpaired) electrons. The molecule has 0 aliphatic rings. The number of nitrogens with zero attached hydrogens (tertiary/aromatic N) is 2. The van der Waals surface area contributed by atoms with Crippen LogP contribution < -0.4 is 0 Å². The molecule has 0 fully saturated rings. The molecule has 0 aromatic carbocycles. The van der Waals surface area contributed by atoms with Crippen molar-refractivity contribution >= 4 is 17.9 Å². The molecule has 1 rings (SSSR count). The maximum atomic E-state index is 10.1. The van der Waals surface area contributed by atoms with Gasteiger partial charge in [-0.2, -0.15) is 0 Å². The first-order valence-corrected chi connectivity index (χ1v) is 3.06. The lowest BCUT2D eigenvalue weighted by atomic mass is 10.4. The van der Waals surface area contributed by atoms with Crippen LogP contribution in [0.3, 0.4) is 0 Å². The van der Waals surface area contributed by atoms with Gasteiger partial charge in [-0.1, -0.05) is 11.6 Å².